The van der Waals surface area contributed by atoms with Gasteiger partial charge in [-0.2, -0.15) is 0 Å². The van der Waals surface area contributed by atoms with Gasteiger partial charge in [0.2, 0.25) is 0 Å². The molecule has 0 aromatic carbocycles. The van der Waals surface area contributed by atoms with Crippen LogP contribution in [0.5, 0.6) is 0 Å². The number of carbonyl (C=O) groups is 1. The normalized spacial score (nSPS) is 22.4. The maximum Gasteiger partial charge on any atom is 0.339 e. The summed E-state index contributed by atoms with van der Waals surface area (Å²) in [7, 11) is 0. The molecule has 1 fully saturated rings. The Labute approximate surface area is 112 Å². The van der Waals surface area contributed by atoms with Crippen molar-refractivity contribution in [2.45, 2.75) is 51.8 Å². The summed E-state index contributed by atoms with van der Waals surface area (Å²) in [5.74, 6) is 0.176. The maximum absolute atomic E-state index is 10.9. The third kappa shape index (κ3) is 3.58. The standard InChI is InChI=1S/C14H21NO4/c1-9-12(13(16)17)6-11(19-9)8-15-10-4-5-18-14(2,3)7-10/h6,10,15H,4-5,7-8H2,1-3H3,(H,16,17). The first-order chi connectivity index (χ1) is 8.87. The minimum Gasteiger partial charge on any atom is -0.478 e. The Bertz CT molecular complexity index is 464. The molecule has 0 radical (unpaired) electrons. The minimum absolute atomic E-state index is 0.0960. The van der Waals surface area contributed by atoms with Crippen LogP contribution < -0.4 is 5.32 Å². The number of furan rings is 1. The van der Waals surface area contributed by atoms with Gasteiger partial charge in [0.15, 0.2) is 0 Å². The number of carboxylic acid groups (broad SMARTS) is 1. The van der Waals surface area contributed by atoms with E-state index in [4.69, 9.17) is 14.3 Å². The zero-order valence-electron chi connectivity index (χ0n) is 11.7. The summed E-state index contributed by atoms with van der Waals surface area (Å²) < 4.78 is 11.1. The van der Waals surface area contributed by atoms with Crippen LogP contribution in [0, 0.1) is 6.92 Å². The molecule has 19 heavy (non-hydrogen) atoms. The lowest BCUT2D eigenvalue weighted by atomic mass is 9.94. The second kappa shape index (κ2) is 5.35. The molecule has 2 heterocycles. The highest BCUT2D eigenvalue weighted by Gasteiger charge is 2.28. The summed E-state index contributed by atoms with van der Waals surface area (Å²) in [5.41, 5.74) is 0.144. The second-order valence-electron chi connectivity index (χ2n) is 5.67. The molecule has 0 amide bonds. The predicted octanol–water partition coefficient (Wildman–Crippen LogP) is 2.33. The summed E-state index contributed by atoms with van der Waals surface area (Å²) in [6.45, 7) is 7.14. The summed E-state index contributed by atoms with van der Waals surface area (Å²) in [6, 6.07) is 1.97. The molecule has 1 aliphatic rings. The Morgan fingerprint density at radius 1 is 1.58 bits per heavy atom. The SMILES string of the molecule is Cc1oc(CNC2CCOC(C)(C)C2)cc1C(=O)O. The van der Waals surface area contributed by atoms with Crippen molar-refractivity contribution in [3.05, 3.63) is 23.2 Å². The fourth-order valence-corrected chi connectivity index (χ4v) is 2.49. The van der Waals surface area contributed by atoms with Gasteiger partial charge in [-0.25, -0.2) is 4.79 Å². The average molecular weight is 267 g/mol. The molecule has 1 saturated heterocycles. The molecule has 2 N–H and O–H groups in total. The number of rotatable bonds is 4. The third-order valence-corrected chi connectivity index (χ3v) is 3.46. The van der Waals surface area contributed by atoms with Crippen molar-refractivity contribution in [2.75, 3.05) is 6.61 Å². The fraction of sp³-hybridized carbons (Fsp3) is 0.643. The van der Waals surface area contributed by atoms with Crippen molar-refractivity contribution in [3.8, 4) is 0 Å². The number of ether oxygens (including phenoxy) is 1. The summed E-state index contributed by atoms with van der Waals surface area (Å²) in [6.07, 6.45) is 1.91. The largest absolute Gasteiger partial charge is 0.478 e. The van der Waals surface area contributed by atoms with Gasteiger partial charge in [0, 0.05) is 12.6 Å². The average Bonchev–Trinajstić information content (AvgIpc) is 2.67. The van der Waals surface area contributed by atoms with Gasteiger partial charge in [0.25, 0.3) is 0 Å². The van der Waals surface area contributed by atoms with E-state index in [1.165, 1.54) is 0 Å². The lowest BCUT2D eigenvalue weighted by Gasteiger charge is -2.35. The maximum atomic E-state index is 10.9. The Kier molecular flexibility index (Phi) is 3.96. The molecule has 0 bridgehead atoms. The molecule has 1 aromatic rings. The van der Waals surface area contributed by atoms with E-state index in [0.717, 1.165) is 19.4 Å². The first-order valence-electron chi connectivity index (χ1n) is 6.57. The molecule has 1 atom stereocenters. The lowest BCUT2D eigenvalue weighted by Crippen LogP contribution is -2.43. The van der Waals surface area contributed by atoms with Crippen LogP contribution >= 0.6 is 0 Å². The molecule has 5 nitrogen and oxygen atoms in total. The Morgan fingerprint density at radius 2 is 2.32 bits per heavy atom. The van der Waals surface area contributed by atoms with E-state index >= 15 is 0 Å². The predicted molar refractivity (Wildman–Crippen MR) is 70.3 cm³/mol. The van der Waals surface area contributed by atoms with Gasteiger partial charge in [0.05, 0.1) is 12.1 Å². The number of carboxylic acids is 1. The molecular formula is C14H21NO4. The number of nitrogens with one attached hydrogen (secondary N) is 1. The van der Waals surface area contributed by atoms with Gasteiger partial charge in [-0.05, 0) is 39.7 Å². The second-order valence-corrected chi connectivity index (χ2v) is 5.67. The molecule has 106 valence electrons. The molecule has 0 saturated carbocycles. The zero-order chi connectivity index (χ0) is 14.0. The number of aryl methyl sites for hydroxylation is 1. The smallest absolute Gasteiger partial charge is 0.339 e. The number of hydrogen-bond acceptors (Lipinski definition) is 4. The van der Waals surface area contributed by atoms with Gasteiger partial charge in [0.1, 0.15) is 17.1 Å². The van der Waals surface area contributed by atoms with E-state index in [2.05, 4.69) is 19.2 Å². The quantitative estimate of drug-likeness (QED) is 0.876. The van der Waals surface area contributed by atoms with Gasteiger partial charge in [-0.15, -0.1) is 0 Å². The van der Waals surface area contributed by atoms with Crippen LogP contribution in [0.4, 0.5) is 0 Å². The van der Waals surface area contributed by atoms with Crippen molar-refractivity contribution in [3.63, 3.8) is 0 Å². The van der Waals surface area contributed by atoms with Crippen molar-refractivity contribution in [2.24, 2.45) is 0 Å². The molecule has 0 spiro atoms. The van der Waals surface area contributed by atoms with Gasteiger partial charge in [-0.1, -0.05) is 0 Å². The van der Waals surface area contributed by atoms with Crippen molar-refractivity contribution >= 4 is 5.97 Å². The molecule has 0 aliphatic carbocycles. The van der Waals surface area contributed by atoms with Crippen LogP contribution in [0.3, 0.4) is 0 Å². The van der Waals surface area contributed by atoms with Crippen LogP contribution in [0.1, 0.15) is 48.6 Å². The first kappa shape index (κ1) is 14.1. The molecule has 1 aliphatic heterocycles. The zero-order valence-corrected chi connectivity index (χ0v) is 11.7. The number of hydrogen-bond donors (Lipinski definition) is 2. The van der Waals surface area contributed by atoms with E-state index < -0.39 is 5.97 Å². The highest BCUT2D eigenvalue weighted by molar-refractivity contribution is 5.88. The molecule has 5 heteroatoms. The monoisotopic (exact) mass is 267 g/mol. The Balaban J connectivity index is 1.92. The van der Waals surface area contributed by atoms with Crippen molar-refractivity contribution in [1.29, 1.82) is 0 Å². The minimum atomic E-state index is -0.945. The van der Waals surface area contributed by atoms with E-state index in [-0.39, 0.29) is 11.2 Å². The van der Waals surface area contributed by atoms with Gasteiger partial charge < -0.3 is 19.6 Å². The van der Waals surface area contributed by atoms with E-state index in [0.29, 0.717) is 24.1 Å². The van der Waals surface area contributed by atoms with Crippen LogP contribution in [-0.4, -0.2) is 29.3 Å². The summed E-state index contributed by atoms with van der Waals surface area (Å²) >= 11 is 0. The lowest BCUT2D eigenvalue weighted by molar-refractivity contribution is -0.0632. The highest BCUT2D eigenvalue weighted by atomic mass is 16.5. The Hall–Kier alpha value is -1.33. The van der Waals surface area contributed by atoms with Crippen LogP contribution in [0.25, 0.3) is 0 Å². The van der Waals surface area contributed by atoms with Crippen LogP contribution in [0.15, 0.2) is 10.5 Å². The van der Waals surface area contributed by atoms with Gasteiger partial charge >= 0.3 is 5.97 Å². The molecular weight excluding hydrogens is 246 g/mol. The molecule has 1 aromatic heterocycles. The van der Waals surface area contributed by atoms with Crippen LogP contribution in [0.2, 0.25) is 0 Å². The molecule has 2 rings (SSSR count). The summed E-state index contributed by atoms with van der Waals surface area (Å²) in [4.78, 5) is 10.9. The van der Waals surface area contributed by atoms with Crippen molar-refractivity contribution in [1.82, 2.24) is 5.32 Å². The third-order valence-electron chi connectivity index (χ3n) is 3.46. The summed E-state index contributed by atoms with van der Waals surface area (Å²) in [5, 5.41) is 12.4. The van der Waals surface area contributed by atoms with Crippen LogP contribution in [-0.2, 0) is 11.3 Å². The molecule has 1 unspecified atom stereocenters. The van der Waals surface area contributed by atoms with Gasteiger partial charge in [-0.3, -0.25) is 0 Å². The Morgan fingerprint density at radius 3 is 2.89 bits per heavy atom. The fourth-order valence-electron chi connectivity index (χ4n) is 2.49. The van der Waals surface area contributed by atoms with E-state index in [1.54, 1.807) is 13.0 Å². The topological polar surface area (TPSA) is 71.7 Å². The highest BCUT2D eigenvalue weighted by Crippen LogP contribution is 2.24. The van der Waals surface area contributed by atoms with E-state index in [1.807, 2.05) is 0 Å². The number of aromatic carboxylic acids is 1. The van der Waals surface area contributed by atoms with Crippen molar-refractivity contribution < 1.29 is 19.1 Å². The first-order valence-corrected chi connectivity index (χ1v) is 6.57. The van der Waals surface area contributed by atoms with E-state index in [9.17, 15) is 4.79 Å².